The summed E-state index contributed by atoms with van der Waals surface area (Å²) < 4.78 is 58.4. The highest BCUT2D eigenvalue weighted by atomic mass is 32.2. The van der Waals surface area contributed by atoms with Crippen LogP contribution in [0.5, 0.6) is 0 Å². The van der Waals surface area contributed by atoms with Crippen LogP contribution in [0.3, 0.4) is 0 Å². The summed E-state index contributed by atoms with van der Waals surface area (Å²) in [5.41, 5.74) is -1.18. The highest BCUT2D eigenvalue weighted by Gasteiger charge is 2.37. The summed E-state index contributed by atoms with van der Waals surface area (Å²) in [7, 11) is 1.08. The molecule has 1 saturated heterocycles. The van der Waals surface area contributed by atoms with E-state index >= 15 is 0 Å². The standard InChI is InChI=1S/C18H9F4N3O4S/c1-29-12(26)7-10-17(28)25(11-4-2-3-5-23-11)18(30-10)24-16(27)8-6-9(19)14(21)15(22)13(8)20/h2-7H,1H3. The van der Waals surface area contributed by atoms with Crippen molar-refractivity contribution in [2.24, 2.45) is 4.99 Å². The highest BCUT2D eigenvalue weighted by molar-refractivity contribution is 8.19. The molecule has 154 valence electrons. The summed E-state index contributed by atoms with van der Waals surface area (Å²) in [6, 6.07) is 4.60. The molecular formula is C18H9F4N3O4S. The monoisotopic (exact) mass is 439 g/mol. The number of carbonyl (C=O) groups excluding carboxylic acids is 3. The maximum absolute atomic E-state index is 13.9. The van der Waals surface area contributed by atoms with Crippen molar-refractivity contribution in [2.45, 2.75) is 0 Å². The summed E-state index contributed by atoms with van der Waals surface area (Å²) >= 11 is 0.548. The zero-order valence-electron chi connectivity index (χ0n) is 14.9. The third-order valence-corrected chi connectivity index (χ3v) is 4.63. The predicted octanol–water partition coefficient (Wildman–Crippen LogP) is 2.97. The molecule has 2 aromatic rings. The Hall–Kier alpha value is -3.54. The SMILES string of the molecule is COC(=O)C=C1SC(=NC(=O)c2cc(F)c(F)c(F)c2F)N(c2ccccn2)C1=O. The molecule has 0 aliphatic carbocycles. The van der Waals surface area contributed by atoms with Crippen LogP contribution in [0.4, 0.5) is 23.4 Å². The maximum Gasteiger partial charge on any atom is 0.331 e. The van der Waals surface area contributed by atoms with Crippen LogP contribution >= 0.6 is 11.8 Å². The average molecular weight is 439 g/mol. The van der Waals surface area contributed by atoms with Crippen LogP contribution in [-0.2, 0) is 14.3 Å². The lowest BCUT2D eigenvalue weighted by molar-refractivity contribution is -0.135. The largest absolute Gasteiger partial charge is 0.466 e. The molecule has 12 heteroatoms. The smallest absolute Gasteiger partial charge is 0.331 e. The molecule has 0 unspecified atom stereocenters. The molecule has 0 atom stereocenters. The van der Waals surface area contributed by atoms with E-state index in [0.717, 1.165) is 18.1 Å². The van der Waals surface area contributed by atoms with Crippen molar-refractivity contribution in [2.75, 3.05) is 12.0 Å². The van der Waals surface area contributed by atoms with Crippen molar-refractivity contribution in [3.8, 4) is 0 Å². The fourth-order valence-corrected chi connectivity index (χ4v) is 3.21. The number of methoxy groups -OCH3 is 1. The van der Waals surface area contributed by atoms with Gasteiger partial charge >= 0.3 is 5.97 Å². The Bertz CT molecular complexity index is 1120. The van der Waals surface area contributed by atoms with Gasteiger partial charge in [0, 0.05) is 12.3 Å². The number of aliphatic imine (C=N–C) groups is 1. The number of rotatable bonds is 3. The number of pyridine rings is 1. The van der Waals surface area contributed by atoms with Gasteiger partial charge in [-0.2, -0.15) is 4.99 Å². The second kappa shape index (κ2) is 8.45. The van der Waals surface area contributed by atoms with Gasteiger partial charge in [-0.25, -0.2) is 32.2 Å². The molecule has 7 nitrogen and oxygen atoms in total. The van der Waals surface area contributed by atoms with Gasteiger partial charge in [0.25, 0.3) is 11.8 Å². The fraction of sp³-hybridized carbons (Fsp3) is 0.0556. The van der Waals surface area contributed by atoms with E-state index in [9.17, 15) is 31.9 Å². The second-order valence-corrected chi connectivity index (χ2v) is 6.52. The van der Waals surface area contributed by atoms with Gasteiger partial charge in [0.1, 0.15) is 5.82 Å². The Balaban J connectivity index is 2.08. The van der Waals surface area contributed by atoms with Gasteiger partial charge in [-0.3, -0.25) is 9.59 Å². The third-order valence-electron chi connectivity index (χ3n) is 3.67. The van der Waals surface area contributed by atoms with E-state index in [1.165, 1.54) is 18.3 Å². The van der Waals surface area contributed by atoms with E-state index in [-0.39, 0.29) is 22.0 Å². The summed E-state index contributed by atoms with van der Waals surface area (Å²) in [6.07, 6.45) is 2.17. The number of aromatic nitrogens is 1. The lowest BCUT2D eigenvalue weighted by atomic mass is 10.2. The molecule has 0 radical (unpaired) electrons. The normalized spacial score (nSPS) is 16.4. The molecule has 1 aromatic carbocycles. The number of hydrogen-bond acceptors (Lipinski definition) is 6. The first-order chi connectivity index (χ1) is 14.2. The zero-order valence-corrected chi connectivity index (χ0v) is 15.7. The van der Waals surface area contributed by atoms with Gasteiger partial charge in [-0.1, -0.05) is 6.07 Å². The first-order valence-electron chi connectivity index (χ1n) is 7.93. The number of amides is 2. The number of anilines is 1. The van der Waals surface area contributed by atoms with Gasteiger partial charge < -0.3 is 4.74 Å². The molecule has 0 bridgehead atoms. The number of halogens is 4. The molecule has 3 rings (SSSR count). The number of esters is 1. The van der Waals surface area contributed by atoms with Crippen LogP contribution in [0, 0.1) is 23.3 Å². The van der Waals surface area contributed by atoms with Crippen molar-refractivity contribution in [3.05, 3.63) is 70.3 Å². The third kappa shape index (κ3) is 3.94. The van der Waals surface area contributed by atoms with Gasteiger partial charge in [0.15, 0.2) is 28.4 Å². The van der Waals surface area contributed by atoms with E-state index in [0.29, 0.717) is 11.8 Å². The number of amidine groups is 1. The number of thioether (sulfide) groups is 1. The molecule has 30 heavy (non-hydrogen) atoms. The van der Waals surface area contributed by atoms with Gasteiger partial charge in [0.2, 0.25) is 0 Å². The highest BCUT2D eigenvalue weighted by Crippen LogP contribution is 2.34. The van der Waals surface area contributed by atoms with Crippen molar-refractivity contribution < 1.29 is 36.7 Å². The summed E-state index contributed by atoms with van der Waals surface area (Å²) in [6.45, 7) is 0. The minimum Gasteiger partial charge on any atom is -0.466 e. The van der Waals surface area contributed by atoms with Crippen molar-refractivity contribution >= 4 is 40.5 Å². The molecule has 1 fully saturated rings. The Labute approximate surface area is 170 Å². The molecule has 1 aliphatic rings. The number of carbonyl (C=O) groups is 3. The second-order valence-electron chi connectivity index (χ2n) is 5.51. The summed E-state index contributed by atoms with van der Waals surface area (Å²) in [5.74, 6) is -11.1. The lowest BCUT2D eigenvalue weighted by Crippen LogP contribution is -2.30. The minimum atomic E-state index is -2.18. The van der Waals surface area contributed by atoms with Gasteiger partial charge in [0.05, 0.1) is 17.6 Å². The minimum absolute atomic E-state index is 0.00625. The Morgan fingerprint density at radius 2 is 1.90 bits per heavy atom. The van der Waals surface area contributed by atoms with Crippen LogP contribution in [0.1, 0.15) is 10.4 Å². The molecule has 2 heterocycles. The molecule has 0 spiro atoms. The zero-order chi connectivity index (χ0) is 22.0. The maximum atomic E-state index is 13.9. The van der Waals surface area contributed by atoms with E-state index in [4.69, 9.17) is 0 Å². The Kier molecular flexibility index (Phi) is 5.96. The Morgan fingerprint density at radius 1 is 1.17 bits per heavy atom. The average Bonchev–Trinajstić information content (AvgIpc) is 3.03. The summed E-state index contributed by atoms with van der Waals surface area (Å²) in [5, 5.41) is -0.372. The lowest BCUT2D eigenvalue weighted by Gasteiger charge is -2.13. The van der Waals surface area contributed by atoms with Crippen molar-refractivity contribution in [1.82, 2.24) is 4.98 Å². The first-order valence-corrected chi connectivity index (χ1v) is 8.75. The summed E-state index contributed by atoms with van der Waals surface area (Å²) in [4.78, 5) is 44.6. The quantitative estimate of drug-likeness (QED) is 0.240. The molecular weight excluding hydrogens is 430 g/mol. The van der Waals surface area contributed by atoms with Crippen LogP contribution in [0.2, 0.25) is 0 Å². The number of nitrogens with zero attached hydrogens (tertiary/aromatic N) is 3. The first kappa shape index (κ1) is 21.2. The van der Waals surface area contributed by atoms with Gasteiger partial charge in [-0.05, 0) is 30.0 Å². The van der Waals surface area contributed by atoms with Crippen LogP contribution in [0.25, 0.3) is 0 Å². The van der Waals surface area contributed by atoms with Gasteiger partial charge in [-0.15, -0.1) is 0 Å². The number of hydrogen-bond donors (Lipinski definition) is 0. The van der Waals surface area contributed by atoms with E-state index in [1.807, 2.05) is 0 Å². The number of ether oxygens (including phenoxy) is 1. The van der Waals surface area contributed by atoms with Crippen molar-refractivity contribution in [1.29, 1.82) is 0 Å². The van der Waals surface area contributed by atoms with E-state index in [1.54, 1.807) is 6.07 Å². The fourth-order valence-electron chi connectivity index (χ4n) is 2.28. The van der Waals surface area contributed by atoms with Crippen molar-refractivity contribution in [3.63, 3.8) is 0 Å². The topological polar surface area (TPSA) is 88.9 Å². The van der Waals surface area contributed by atoms with Crippen LogP contribution in [-0.4, -0.2) is 35.0 Å². The predicted molar refractivity (Wildman–Crippen MR) is 97.5 cm³/mol. The molecule has 0 saturated carbocycles. The number of benzene rings is 1. The van der Waals surface area contributed by atoms with Crippen LogP contribution in [0.15, 0.2) is 46.4 Å². The Morgan fingerprint density at radius 3 is 2.53 bits per heavy atom. The molecule has 0 N–H and O–H groups in total. The molecule has 2 amide bonds. The van der Waals surface area contributed by atoms with Crippen LogP contribution < -0.4 is 4.90 Å². The molecule has 1 aromatic heterocycles. The van der Waals surface area contributed by atoms with E-state index in [2.05, 4.69) is 14.7 Å². The van der Waals surface area contributed by atoms with E-state index < -0.39 is 46.6 Å². The molecule has 1 aliphatic heterocycles.